The van der Waals surface area contributed by atoms with Crippen LogP contribution in [0.4, 0.5) is 0 Å². The summed E-state index contributed by atoms with van der Waals surface area (Å²) in [4.78, 5) is 33.5. The number of nitrogens with two attached hydrogens (primary N) is 1. The highest BCUT2D eigenvalue weighted by Gasteiger charge is 2.08. The lowest BCUT2D eigenvalue weighted by molar-refractivity contribution is -0.124. The molecule has 108 valence electrons. The number of amides is 3. The van der Waals surface area contributed by atoms with Gasteiger partial charge in [-0.3, -0.25) is 14.4 Å². The molecule has 0 aliphatic rings. The molecule has 0 atom stereocenters. The number of nitrogens with one attached hydrogen (secondary N) is 2. The van der Waals surface area contributed by atoms with Crippen LogP contribution in [0.2, 0.25) is 0 Å². The maximum atomic E-state index is 11.7. The smallest absolute Gasteiger partial charge is 0.251 e. The van der Waals surface area contributed by atoms with Gasteiger partial charge in [-0.05, 0) is 31.2 Å². The number of carbonyl (C=O) groups excluding carboxylic acids is 3. The standard InChI is InChI=1S/C13H17N3O4/c1-2-20-10-5-3-9(4-6-10)13(19)16-8-12(18)15-7-11(14)17/h3-6H,2,7-8H2,1H3,(H2,14,17)(H,15,18)(H,16,19). The van der Waals surface area contributed by atoms with Crippen molar-refractivity contribution in [1.82, 2.24) is 10.6 Å². The van der Waals surface area contributed by atoms with Crippen molar-refractivity contribution < 1.29 is 19.1 Å². The highest BCUT2D eigenvalue weighted by atomic mass is 16.5. The molecule has 0 aliphatic carbocycles. The third-order valence-electron chi connectivity index (χ3n) is 2.30. The second-order valence-corrected chi connectivity index (χ2v) is 3.88. The Morgan fingerprint density at radius 2 is 1.75 bits per heavy atom. The summed E-state index contributed by atoms with van der Waals surface area (Å²) in [5, 5.41) is 4.70. The lowest BCUT2D eigenvalue weighted by atomic mass is 10.2. The molecular formula is C13H17N3O4. The zero-order valence-corrected chi connectivity index (χ0v) is 11.1. The van der Waals surface area contributed by atoms with Crippen LogP contribution in [0.25, 0.3) is 0 Å². The van der Waals surface area contributed by atoms with Gasteiger partial charge < -0.3 is 21.1 Å². The summed E-state index contributed by atoms with van der Waals surface area (Å²) >= 11 is 0. The molecule has 0 saturated carbocycles. The van der Waals surface area contributed by atoms with E-state index in [0.29, 0.717) is 17.9 Å². The SMILES string of the molecule is CCOc1ccc(C(=O)NCC(=O)NCC(N)=O)cc1. The molecule has 0 heterocycles. The van der Waals surface area contributed by atoms with Crippen LogP contribution in [0.1, 0.15) is 17.3 Å². The molecule has 7 heteroatoms. The van der Waals surface area contributed by atoms with Crippen LogP contribution in [-0.4, -0.2) is 37.4 Å². The highest BCUT2D eigenvalue weighted by Crippen LogP contribution is 2.11. The first-order valence-corrected chi connectivity index (χ1v) is 6.09. The van der Waals surface area contributed by atoms with Crippen LogP contribution in [0, 0.1) is 0 Å². The van der Waals surface area contributed by atoms with E-state index in [1.165, 1.54) is 0 Å². The number of rotatable bonds is 7. The topological polar surface area (TPSA) is 111 Å². The second-order valence-electron chi connectivity index (χ2n) is 3.88. The van der Waals surface area contributed by atoms with E-state index >= 15 is 0 Å². The summed E-state index contributed by atoms with van der Waals surface area (Å²) in [5.74, 6) is -0.843. The first kappa shape index (κ1) is 15.5. The fraction of sp³-hybridized carbons (Fsp3) is 0.308. The van der Waals surface area contributed by atoms with Gasteiger partial charge in [-0.15, -0.1) is 0 Å². The molecule has 1 aromatic rings. The van der Waals surface area contributed by atoms with Gasteiger partial charge in [0.05, 0.1) is 19.7 Å². The Kier molecular flexibility index (Phi) is 6.02. The average Bonchev–Trinajstić information content (AvgIpc) is 2.43. The maximum absolute atomic E-state index is 11.7. The average molecular weight is 279 g/mol. The Morgan fingerprint density at radius 1 is 1.10 bits per heavy atom. The Morgan fingerprint density at radius 3 is 2.30 bits per heavy atom. The minimum atomic E-state index is -0.642. The lowest BCUT2D eigenvalue weighted by Crippen LogP contribution is -2.40. The van der Waals surface area contributed by atoms with Gasteiger partial charge in [-0.2, -0.15) is 0 Å². The van der Waals surface area contributed by atoms with E-state index in [0.717, 1.165) is 0 Å². The molecule has 3 amide bonds. The molecule has 0 fully saturated rings. The van der Waals surface area contributed by atoms with Crippen LogP contribution in [0.5, 0.6) is 5.75 Å². The molecule has 0 bridgehead atoms. The number of carbonyl (C=O) groups is 3. The van der Waals surface area contributed by atoms with E-state index in [4.69, 9.17) is 10.5 Å². The van der Waals surface area contributed by atoms with Crippen LogP contribution in [-0.2, 0) is 9.59 Å². The number of hydrogen-bond acceptors (Lipinski definition) is 4. The van der Waals surface area contributed by atoms with E-state index in [1.54, 1.807) is 24.3 Å². The Hall–Kier alpha value is -2.57. The van der Waals surface area contributed by atoms with Crippen LogP contribution in [0.15, 0.2) is 24.3 Å². The Bertz CT molecular complexity index is 485. The van der Waals surface area contributed by atoms with E-state index in [2.05, 4.69) is 10.6 Å². The van der Waals surface area contributed by atoms with Gasteiger partial charge >= 0.3 is 0 Å². The molecule has 0 radical (unpaired) electrons. The van der Waals surface area contributed by atoms with Crippen molar-refractivity contribution in [2.24, 2.45) is 5.73 Å². The van der Waals surface area contributed by atoms with Crippen molar-refractivity contribution in [2.45, 2.75) is 6.92 Å². The molecular weight excluding hydrogens is 262 g/mol. The zero-order valence-electron chi connectivity index (χ0n) is 11.1. The predicted octanol–water partition coefficient (Wildman–Crippen LogP) is -0.583. The molecule has 7 nitrogen and oxygen atoms in total. The third kappa shape index (κ3) is 5.38. The second kappa shape index (κ2) is 7.78. The summed E-state index contributed by atoms with van der Waals surface area (Å²) in [6.07, 6.45) is 0. The van der Waals surface area contributed by atoms with Gasteiger partial charge in [0.1, 0.15) is 5.75 Å². The van der Waals surface area contributed by atoms with E-state index in [9.17, 15) is 14.4 Å². The van der Waals surface area contributed by atoms with Crippen molar-refractivity contribution in [3.8, 4) is 5.75 Å². The van der Waals surface area contributed by atoms with Gasteiger partial charge in [0.2, 0.25) is 11.8 Å². The summed E-state index contributed by atoms with van der Waals surface area (Å²) in [6, 6.07) is 6.54. The number of primary amides is 1. The fourth-order valence-corrected chi connectivity index (χ4v) is 1.38. The molecule has 20 heavy (non-hydrogen) atoms. The van der Waals surface area contributed by atoms with E-state index in [1.807, 2.05) is 6.92 Å². The Balaban J connectivity index is 2.42. The Labute approximate surface area is 116 Å². The molecule has 0 saturated heterocycles. The van der Waals surface area contributed by atoms with Gasteiger partial charge in [0.15, 0.2) is 0 Å². The molecule has 0 unspecified atom stereocenters. The van der Waals surface area contributed by atoms with Gasteiger partial charge in [-0.25, -0.2) is 0 Å². The summed E-state index contributed by atoms with van der Waals surface area (Å²) in [7, 11) is 0. The van der Waals surface area contributed by atoms with E-state index in [-0.39, 0.29) is 19.0 Å². The van der Waals surface area contributed by atoms with Crippen LogP contribution in [0.3, 0.4) is 0 Å². The largest absolute Gasteiger partial charge is 0.494 e. The van der Waals surface area contributed by atoms with Gasteiger partial charge in [0, 0.05) is 5.56 Å². The first-order valence-electron chi connectivity index (χ1n) is 6.09. The molecule has 0 aromatic heterocycles. The van der Waals surface area contributed by atoms with Crippen molar-refractivity contribution >= 4 is 17.7 Å². The number of ether oxygens (including phenoxy) is 1. The summed E-state index contributed by atoms with van der Waals surface area (Å²) in [6.45, 7) is 1.94. The number of benzene rings is 1. The molecule has 0 aliphatic heterocycles. The molecule has 1 aromatic carbocycles. The van der Waals surface area contributed by atoms with Crippen molar-refractivity contribution in [2.75, 3.05) is 19.7 Å². The minimum Gasteiger partial charge on any atom is -0.494 e. The summed E-state index contributed by atoms with van der Waals surface area (Å²) < 4.78 is 5.25. The minimum absolute atomic E-state index is 0.223. The third-order valence-corrected chi connectivity index (χ3v) is 2.30. The fourth-order valence-electron chi connectivity index (χ4n) is 1.38. The van der Waals surface area contributed by atoms with Gasteiger partial charge in [-0.1, -0.05) is 0 Å². The monoisotopic (exact) mass is 279 g/mol. The highest BCUT2D eigenvalue weighted by molar-refractivity contribution is 5.96. The molecule has 4 N–H and O–H groups in total. The lowest BCUT2D eigenvalue weighted by Gasteiger charge is -2.07. The predicted molar refractivity (Wildman–Crippen MR) is 72.1 cm³/mol. The molecule has 1 rings (SSSR count). The maximum Gasteiger partial charge on any atom is 0.251 e. The van der Waals surface area contributed by atoms with Gasteiger partial charge in [0.25, 0.3) is 5.91 Å². The molecule has 0 spiro atoms. The number of hydrogen-bond donors (Lipinski definition) is 3. The van der Waals surface area contributed by atoms with Crippen molar-refractivity contribution in [1.29, 1.82) is 0 Å². The normalized spacial score (nSPS) is 9.65. The van der Waals surface area contributed by atoms with Crippen molar-refractivity contribution in [3.63, 3.8) is 0 Å². The zero-order chi connectivity index (χ0) is 15.0. The van der Waals surface area contributed by atoms with Crippen LogP contribution < -0.4 is 21.1 Å². The summed E-state index contributed by atoms with van der Waals surface area (Å²) in [5.41, 5.74) is 5.29. The van der Waals surface area contributed by atoms with Crippen LogP contribution >= 0.6 is 0 Å². The van der Waals surface area contributed by atoms with Crippen molar-refractivity contribution in [3.05, 3.63) is 29.8 Å². The quantitative estimate of drug-likeness (QED) is 0.620. The first-order chi connectivity index (χ1) is 9.52. The van der Waals surface area contributed by atoms with E-state index < -0.39 is 11.8 Å².